The maximum atomic E-state index is 11.0. The Bertz CT molecular complexity index is 508. The van der Waals surface area contributed by atoms with E-state index in [9.17, 15) is 4.79 Å². The standard InChI is InChI=1S/C18H26ClNO2/c1-18(2,11-13-4-3-5-15(19)10-13)12-20-16-8-6-14(7-9-16)17(21)22/h3-5,10,14,16,20H,6-9,11-12H2,1-2H3,(H,21,22). The Labute approximate surface area is 138 Å². The molecule has 0 spiro atoms. The molecule has 2 N–H and O–H groups in total. The summed E-state index contributed by atoms with van der Waals surface area (Å²) in [5.74, 6) is -0.780. The van der Waals surface area contributed by atoms with E-state index in [0.29, 0.717) is 6.04 Å². The van der Waals surface area contributed by atoms with Gasteiger partial charge in [0, 0.05) is 17.6 Å². The summed E-state index contributed by atoms with van der Waals surface area (Å²) in [6.07, 6.45) is 4.49. The molecule has 0 amide bonds. The molecule has 1 aliphatic rings. The monoisotopic (exact) mass is 323 g/mol. The predicted octanol–water partition coefficient (Wildman–Crippen LogP) is 4.14. The average Bonchev–Trinajstić information content (AvgIpc) is 2.45. The Morgan fingerprint density at radius 2 is 2.00 bits per heavy atom. The molecule has 3 nitrogen and oxygen atoms in total. The number of hydrogen-bond donors (Lipinski definition) is 2. The average molecular weight is 324 g/mol. The van der Waals surface area contributed by atoms with Crippen LogP contribution in [-0.2, 0) is 11.2 Å². The first kappa shape index (κ1) is 17.3. The third kappa shape index (κ3) is 5.29. The van der Waals surface area contributed by atoms with Crippen LogP contribution in [0.15, 0.2) is 24.3 Å². The van der Waals surface area contributed by atoms with Gasteiger partial charge in [-0.15, -0.1) is 0 Å². The second-order valence-corrected chi connectivity index (χ2v) is 7.68. The normalized spacial score (nSPS) is 22.5. The van der Waals surface area contributed by atoms with E-state index in [1.807, 2.05) is 18.2 Å². The quantitative estimate of drug-likeness (QED) is 0.827. The minimum atomic E-state index is -0.639. The van der Waals surface area contributed by atoms with Gasteiger partial charge >= 0.3 is 5.97 Å². The number of aliphatic carboxylic acids is 1. The molecule has 122 valence electrons. The van der Waals surface area contributed by atoms with Crippen LogP contribution in [-0.4, -0.2) is 23.7 Å². The minimum Gasteiger partial charge on any atom is -0.481 e. The molecule has 1 aliphatic carbocycles. The van der Waals surface area contributed by atoms with Crippen molar-refractivity contribution in [2.45, 2.75) is 52.0 Å². The first-order valence-corrected chi connectivity index (χ1v) is 8.44. The van der Waals surface area contributed by atoms with Gasteiger partial charge in [-0.2, -0.15) is 0 Å². The number of nitrogens with one attached hydrogen (secondary N) is 1. The first-order chi connectivity index (χ1) is 10.4. The van der Waals surface area contributed by atoms with E-state index in [-0.39, 0.29) is 11.3 Å². The minimum absolute atomic E-state index is 0.141. The van der Waals surface area contributed by atoms with E-state index in [1.54, 1.807) is 0 Å². The molecule has 0 aliphatic heterocycles. The van der Waals surface area contributed by atoms with Crippen molar-refractivity contribution in [3.63, 3.8) is 0 Å². The lowest BCUT2D eigenvalue weighted by molar-refractivity contribution is -0.142. The Kier molecular flexibility index (Phi) is 5.87. The lowest BCUT2D eigenvalue weighted by Gasteiger charge is -2.32. The second-order valence-electron chi connectivity index (χ2n) is 7.24. The van der Waals surface area contributed by atoms with Gasteiger partial charge in [0.05, 0.1) is 5.92 Å². The number of hydrogen-bond acceptors (Lipinski definition) is 2. The van der Waals surface area contributed by atoms with Gasteiger partial charge in [-0.25, -0.2) is 0 Å². The van der Waals surface area contributed by atoms with Gasteiger partial charge in [0.25, 0.3) is 0 Å². The zero-order valence-electron chi connectivity index (χ0n) is 13.4. The molecule has 1 aromatic rings. The largest absolute Gasteiger partial charge is 0.481 e. The van der Waals surface area contributed by atoms with Gasteiger partial charge in [-0.3, -0.25) is 4.79 Å². The smallest absolute Gasteiger partial charge is 0.306 e. The van der Waals surface area contributed by atoms with Crippen LogP contribution in [0.25, 0.3) is 0 Å². The van der Waals surface area contributed by atoms with Crippen LogP contribution >= 0.6 is 11.6 Å². The zero-order valence-corrected chi connectivity index (χ0v) is 14.2. The van der Waals surface area contributed by atoms with Gasteiger partial charge in [-0.05, 0) is 55.2 Å². The molecular formula is C18H26ClNO2. The predicted molar refractivity (Wildman–Crippen MR) is 90.3 cm³/mol. The molecule has 22 heavy (non-hydrogen) atoms. The molecule has 0 radical (unpaired) electrons. The number of halogens is 1. The highest BCUT2D eigenvalue weighted by molar-refractivity contribution is 6.30. The van der Waals surface area contributed by atoms with Crippen molar-refractivity contribution in [1.29, 1.82) is 0 Å². The number of carboxylic acids is 1. The van der Waals surface area contributed by atoms with Crippen LogP contribution in [0, 0.1) is 11.3 Å². The number of benzene rings is 1. The Morgan fingerprint density at radius 1 is 1.32 bits per heavy atom. The maximum absolute atomic E-state index is 11.0. The van der Waals surface area contributed by atoms with Crippen LogP contribution < -0.4 is 5.32 Å². The van der Waals surface area contributed by atoms with E-state index in [1.165, 1.54) is 5.56 Å². The van der Waals surface area contributed by atoms with Gasteiger partial charge in [0.2, 0.25) is 0 Å². The highest BCUT2D eigenvalue weighted by atomic mass is 35.5. The molecule has 0 saturated heterocycles. The molecule has 4 heteroatoms. The molecule has 1 aromatic carbocycles. The Morgan fingerprint density at radius 3 is 2.59 bits per heavy atom. The van der Waals surface area contributed by atoms with Crippen LogP contribution in [0.1, 0.15) is 45.1 Å². The van der Waals surface area contributed by atoms with E-state index in [4.69, 9.17) is 16.7 Å². The lowest BCUT2D eigenvalue weighted by Crippen LogP contribution is -2.40. The fourth-order valence-electron chi connectivity index (χ4n) is 3.23. The van der Waals surface area contributed by atoms with Crippen LogP contribution in [0.5, 0.6) is 0 Å². The van der Waals surface area contributed by atoms with Gasteiger partial charge < -0.3 is 10.4 Å². The van der Waals surface area contributed by atoms with E-state index in [0.717, 1.165) is 43.7 Å². The van der Waals surface area contributed by atoms with Crippen LogP contribution in [0.2, 0.25) is 5.02 Å². The summed E-state index contributed by atoms with van der Waals surface area (Å²) in [6.45, 7) is 5.44. The highest BCUT2D eigenvalue weighted by Gasteiger charge is 2.27. The van der Waals surface area contributed by atoms with Crippen molar-refractivity contribution in [2.75, 3.05) is 6.54 Å². The summed E-state index contributed by atoms with van der Waals surface area (Å²) in [4.78, 5) is 11.0. The van der Waals surface area contributed by atoms with Crippen molar-refractivity contribution in [3.8, 4) is 0 Å². The van der Waals surface area contributed by atoms with Gasteiger partial charge in [0.1, 0.15) is 0 Å². The topological polar surface area (TPSA) is 49.3 Å². The molecule has 1 fully saturated rings. The molecule has 0 atom stereocenters. The number of carbonyl (C=O) groups is 1. The number of rotatable bonds is 6. The molecule has 2 rings (SSSR count). The lowest BCUT2D eigenvalue weighted by atomic mass is 9.83. The Balaban J connectivity index is 1.79. The molecule has 0 aromatic heterocycles. The summed E-state index contributed by atoms with van der Waals surface area (Å²) in [5.41, 5.74) is 1.41. The van der Waals surface area contributed by atoms with Crippen molar-refractivity contribution in [1.82, 2.24) is 5.32 Å². The van der Waals surface area contributed by atoms with Gasteiger partial charge in [0.15, 0.2) is 0 Å². The molecule has 0 bridgehead atoms. The molecule has 1 saturated carbocycles. The summed E-state index contributed by atoms with van der Waals surface area (Å²) in [6, 6.07) is 8.49. The fraction of sp³-hybridized carbons (Fsp3) is 0.611. The SMILES string of the molecule is CC(C)(CNC1CCC(C(=O)O)CC1)Cc1cccc(Cl)c1. The van der Waals surface area contributed by atoms with E-state index in [2.05, 4.69) is 25.2 Å². The van der Waals surface area contributed by atoms with Crippen molar-refractivity contribution in [2.24, 2.45) is 11.3 Å². The third-order valence-electron chi connectivity index (χ3n) is 4.52. The van der Waals surface area contributed by atoms with Crippen LogP contribution in [0.4, 0.5) is 0 Å². The van der Waals surface area contributed by atoms with Crippen LogP contribution in [0.3, 0.4) is 0 Å². The summed E-state index contributed by atoms with van der Waals surface area (Å²) in [5, 5.41) is 13.5. The summed E-state index contributed by atoms with van der Waals surface area (Å²) < 4.78 is 0. The zero-order chi connectivity index (χ0) is 16.2. The highest BCUT2D eigenvalue weighted by Crippen LogP contribution is 2.27. The second kappa shape index (κ2) is 7.47. The molecule has 0 heterocycles. The molecular weight excluding hydrogens is 298 g/mol. The first-order valence-electron chi connectivity index (χ1n) is 8.06. The Hall–Kier alpha value is -1.06. The molecule has 0 unspecified atom stereocenters. The third-order valence-corrected chi connectivity index (χ3v) is 4.75. The van der Waals surface area contributed by atoms with Crippen molar-refractivity contribution < 1.29 is 9.90 Å². The van der Waals surface area contributed by atoms with Crippen molar-refractivity contribution in [3.05, 3.63) is 34.9 Å². The van der Waals surface area contributed by atoms with Gasteiger partial charge in [-0.1, -0.05) is 37.6 Å². The summed E-state index contributed by atoms with van der Waals surface area (Å²) >= 11 is 6.05. The van der Waals surface area contributed by atoms with E-state index >= 15 is 0 Å². The van der Waals surface area contributed by atoms with E-state index < -0.39 is 5.97 Å². The number of carboxylic acid groups (broad SMARTS) is 1. The van der Waals surface area contributed by atoms with Crippen molar-refractivity contribution >= 4 is 17.6 Å². The maximum Gasteiger partial charge on any atom is 0.306 e. The fourth-order valence-corrected chi connectivity index (χ4v) is 3.44. The summed E-state index contributed by atoms with van der Waals surface area (Å²) in [7, 11) is 0.